The highest BCUT2D eigenvalue weighted by molar-refractivity contribution is 7.86. The van der Waals surface area contributed by atoms with Gasteiger partial charge in [-0.1, -0.05) is 44.4 Å². The molecule has 0 spiro atoms. The van der Waals surface area contributed by atoms with Gasteiger partial charge in [0.1, 0.15) is 10.7 Å². The lowest BCUT2D eigenvalue weighted by Crippen LogP contribution is -2.06. The topological polar surface area (TPSA) is 43.4 Å². The zero-order valence-corrected chi connectivity index (χ0v) is 13.4. The van der Waals surface area contributed by atoms with Crippen LogP contribution in [0.3, 0.4) is 0 Å². The van der Waals surface area contributed by atoms with Gasteiger partial charge in [0, 0.05) is 6.42 Å². The summed E-state index contributed by atoms with van der Waals surface area (Å²) in [5.74, 6) is 0.564. The van der Waals surface area contributed by atoms with Crippen LogP contribution in [-0.2, 0) is 14.3 Å². The summed E-state index contributed by atoms with van der Waals surface area (Å²) < 4.78 is 29.7. The summed E-state index contributed by atoms with van der Waals surface area (Å²) in [5.41, 5.74) is 1.02. The first-order chi connectivity index (χ1) is 9.49. The van der Waals surface area contributed by atoms with Gasteiger partial charge in [0.05, 0.1) is 0 Å². The van der Waals surface area contributed by atoms with E-state index >= 15 is 0 Å². The highest BCUT2D eigenvalue weighted by Gasteiger charge is 2.17. The van der Waals surface area contributed by atoms with Crippen LogP contribution >= 0.6 is 0 Å². The third-order valence-electron chi connectivity index (χ3n) is 2.96. The van der Waals surface area contributed by atoms with Crippen LogP contribution in [0.2, 0.25) is 0 Å². The summed E-state index contributed by atoms with van der Waals surface area (Å²) in [7, 11) is -3.71. The van der Waals surface area contributed by atoms with Gasteiger partial charge >= 0.3 is 10.1 Å². The first-order valence-corrected chi connectivity index (χ1v) is 8.60. The largest absolute Gasteiger partial charge is 0.384 e. The summed E-state index contributed by atoms with van der Waals surface area (Å²) >= 11 is 0. The molecule has 0 bridgehead atoms. The zero-order valence-electron chi connectivity index (χ0n) is 12.6. The molecule has 112 valence electrons. The Bertz CT molecular complexity index is 527. The fraction of sp³-hybridized carbons (Fsp3) is 0.500. The Morgan fingerprint density at radius 2 is 1.80 bits per heavy atom. The molecule has 0 atom stereocenters. The highest BCUT2D eigenvalue weighted by atomic mass is 32.2. The number of unbranched alkanes of at least 4 members (excludes halogenated alkanes) is 2. The van der Waals surface area contributed by atoms with Crippen molar-refractivity contribution in [3.8, 4) is 0 Å². The smallest absolute Gasteiger partial charge is 0.338 e. The molecular formula is C16H24O3S. The molecule has 1 aromatic carbocycles. The molecular weight excluding hydrogens is 272 g/mol. The molecule has 3 nitrogen and oxygen atoms in total. The molecule has 0 amide bonds. The summed E-state index contributed by atoms with van der Waals surface area (Å²) in [4.78, 5) is 0.210. The van der Waals surface area contributed by atoms with Gasteiger partial charge < -0.3 is 4.18 Å². The van der Waals surface area contributed by atoms with Crippen molar-refractivity contribution in [3.05, 3.63) is 41.7 Å². The minimum Gasteiger partial charge on any atom is -0.384 e. The van der Waals surface area contributed by atoms with Crippen molar-refractivity contribution >= 4 is 10.1 Å². The maximum Gasteiger partial charge on any atom is 0.338 e. The lowest BCUT2D eigenvalue weighted by atomic mass is 10.2. The van der Waals surface area contributed by atoms with Gasteiger partial charge in [-0.15, -0.1) is 0 Å². The van der Waals surface area contributed by atoms with E-state index in [0.717, 1.165) is 31.2 Å². The van der Waals surface area contributed by atoms with E-state index in [-0.39, 0.29) is 4.90 Å². The van der Waals surface area contributed by atoms with Crippen LogP contribution < -0.4 is 0 Å². The molecule has 1 rings (SSSR count). The summed E-state index contributed by atoms with van der Waals surface area (Å²) in [6.07, 6.45) is 6.31. The van der Waals surface area contributed by atoms with Gasteiger partial charge in [-0.3, -0.25) is 0 Å². The summed E-state index contributed by atoms with van der Waals surface area (Å²) in [5, 5.41) is 0. The molecule has 0 fully saturated rings. The Balaban J connectivity index is 2.87. The van der Waals surface area contributed by atoms with Crippen LogP contribution in [-0.4, -0.2) is 8.42 Å². The molecule has 20 heavy (non-hydrogen) atoms. The molecule has 4 heteroatoms. The predicted molar refractivity (Wildman–Crippen MR) is 82.0 cm³/mol. The molecule has 0 unspecified atom stereocenters. The van der Waals surface area contributed by atoms with E-state index in [0.29, 0.717) is 12.2 Å². The second-order valence-corrected chi connectivity index (χ2v) is 6.46. The first-order valence-electron chi connectivity index (χ1n) is 7.19. The Labute approximate surface area is 122 Å². The van der Waals surface area contributed by atoms with Crippen LogP contribution in [0, 0.1) is 6.92 Å². The number of hydrogen-bond acceptors (Lipinski definition) is 3. The lowest BCUT2D eigenvalue weighted by Gasteiger charge is -2.11. The second-order valence-electron chi connectivity index (χ2n) is 4.91. The Morgan fingerprint density at radius 1 is 1.15 bits per heavy atom. The van der Waals surface area contributed by atoms with E-state index in [1.165, 1.54) is 0 Å². The number of aryl methyl sites for hydroxylation is 1. The molecule has 0 heterocycles. The first kappa shape index (κ1) is 16.8. The molecule has 0 aromatic heterocycles. The van der Waals surface area contributed by atoms with Crippen LogP contribution in [0.15, 0.2) is 41.0 Å². The Hall–Kier alpha value is -1.29. The molecule has 0 saturated carbocycles. The normalized spacial score (nSPS) is 12.4. The summed E-state index contributed by atoms with van der Waals surface area (Å²) in [6, 6.07) is 6.72. The van der Waals surface area contributed by atoms with Crippen molar-refractivity contribution in [2.24, 2.45) is 0 Å². The van der Waals surface area contributed by atoms with Crippen LogP contribution in [0.5, 0.6) is 0 Å². The maximum atomic E-state index is 12.2. The fourth-order valence-electron chi connectivity index (χ4n) is 1.73. The molecule has 1 aromatic rings. The Kier molecular flexibility index (Phi) is 6.79. The van der Waals surface area contributed by atoms with Crippen molar-refractivity contribution in [2.45, 2.75) is 57.8 Å². The number of allylic oxidation sites excluding steroid dienone is 2. The molecule has 0 aliphatic heterocycles. The fourth-order valence-corrected chi connectivity index (χ4v) is 2.73. The van der Waals surface area contributed by atoms with Crippen molar-refractivity contribution in [3.63, 3.8) is 0 Å². The van der Waals surface area contributed by atoms with Gasteiger partial charge in [0.15, 0.2) is 0 Å². The van der Waals surface area contributed by atoms with E-state index in [2.05, 4.69) is 13.8 Å². The zero-order chi connectivity index (χ0) is 15.0. The minimum absolute atomic E-state index is 0.210. The quantitative estimate of drug-likeness (QED) is 0.521. The molecule has 0 N–H and O–H groups in total. The van der Waals surface area contributed by atoms with Gasteiger partial charge in [-0.25, -0.2) is 0 Å². The van der Waals surface area contributed by atoms with Gasteiger partial charge in [0.25, 0.3) is 0 Å². The molecule has 0 radical (unpaired) electrons. The lowest BCUT2D eigenvalue weighted by molar-refractivity contribution is 0.384. The van der Waals surface area contributed by atoms with E-state index in [9.17, 15) is 8.42 Å². The van der Waals surface area contributed by atoms with Gasteiger partial charge in [-0.2, -0.15) is 8.42 Å². The van der Waals surface area contributed by atoms with Crippen molar-refractivity contribution in [2.75, 3.05) is 0 Å². The van der Waals surface area contributed by atoms with Gasteiger partial charge in [0.2, 0.25) is 0 Å². The average molecular weight is 296 g/mol. The van der Waals surface area contributed by atoms with Crippen LogP contribution in [0.1, 0.15) is 51.5 Å². The SMILES string of the molecule is CCC/C=C(/CCCC)OS(=O)(=O)c1ccc(C)cc1. The van der Waals surface area contributed by atoms with Crippen molar-refractivity contribution < 1.29 is 12.6 Å². The van der Waals surface area contributed by atoms with Crippen LogP contribution in [0.4, 0.5) is 0 Å². The Morgan fingerprint density at radius 3 is 2.35 bits per heavy atom. The van der Waals surface area contributed by atoms with Crippen molar-refractivity contribution in [1.82, 2.24) is 0 Å². The predicted octanol–water partition coefficient (Wildman–Crippen LogP) is 4.57. The minimum atomic E-state index is -3.71. The van der Waals surface area contributed by atoms with E-state index < -0.39 is 10.1 Å². The highest BCUT2D eigenvalue weighted by Crippen LogP contribution is 2.20. The molecule has 0 saturated heterocycles. The third kappa shape index (κ3) is 5.37. The number of benzene rings is 1. The van der Waals surface area contributed by atoms with E-state index in [4.69, 9.17) is 4.18 Å². The third-order valence-corrected chi connectivity index (χ3v) is 4.25. The standard InChI is InChI=1S/C16H24O3S/c1-4-6-8-15(9-7-5-2)19-20(17,18)16-12-10-14(3)11-13-16/h8,10-13H,4-7,9H2,1-3H3/b15-8-. The summed E-state index contributed by atoms with van der Waals surface area (Å²) in [6.45, 7) is 6.05. The average Bonchev–Trinajstić information content (AvgIpc) is 2.42. The molecule has 0 aliphatic rings. The van der Waals surface area contributed by atoms with Crippen molar-refractivity contribution in [1.29, 1.82) is 0 Å². The number of rotatable bonds is 8. The van der Waals surface area contributed by atoms with Crippen LogP contribution in [0.25, 0.3) is 0 Å². The number of hydrogen-bond donors (Lipinski definition) is 0. The monoisotopic (exact) mass is 296 g/mol. The molecule has 0 aliphatic carbocycles. The maximum absolute atomic E-state index is 12.2. The van der Waals surface area contributed by atoms with Gasteiger partial charge in [-0.05, 0) is 38.0 Å². The van der Waals surface area contributed by atoms with E-state index in [1.807, 2.05) is 13.0 Å². The van der Waals surface area contributed by atoms with E-state index in [1.54, 1.807) is 24.3 Å². The second kappa shape index (κ2) is 8.10.